The summed E-state index contributed by atoms with van der Waals surface area (Å²) in [5.74, 6) is 0.0530. The Morgan fingerprint density at radius 3 is 2.59 bits per heavy atom. The summed E-state index contributed by atoms with van der Waals surface area (Å²) >= 11 is 1.64. The van der Waals surface area contributed by atoms with Gasteiger partial charge in [0.05, 0.1) is 5.39 Å². The van der Waals surface area contributed by atoms with E-state index in [1.165, 1.54) is 16.9 Å². The molecule has 7 heteroatoms. The third-order valence-corrected chi connectivity index (χ3v) is 6.15. The second-order valence-corrected chi connectivity index (χ2v) is 8.25. The molecule has 27 heavy (non-hydrogen) atoms. The highest BCUT2D eigenvalue weighted by molar-refractivity contribution is 7.18. The summed E-state index contributed by atoms with van der Waals surface area (Å²) in [4.78, 5) is 31.4. The number of rotatable bonds is 4. The van der Waals surface area contributed by atoms with Crippen molar-refractivity contribution in [2.24, 2.45) is 5.73 Å². The van der Waals surface area contributed by atoms with E-state index in [-0.39, 0.29) is 11.6 Å². The third kappa shape index (κ3) is 3.12. The molecule has 1 aliphatic carbocycles. The van der Waals surface area contributed by atoms with Gasteiger partial charge in [-0.05, 0) is 69.4 Å². The number of primary amides is 1. The highest BCUT2D eigenvalue weighted by Gasteiger charge is 2.23. The van der Waals surface area contributed by atoms with Crippen molar-refractivity contribution >= 4 is 39.1 Å². The van der Waals surface area contributed by atoms with E-state index < -0.39 is 5.91 Å². The average molecular weight is 382 g/mol. The van der Waals surface area contributed by atoms with Crippen molar-refractivity contribution in [1.29, 1.82) is 0 Å². The molecule has 0 aliphatic heterocycles. The number of fused-ring (bicyclic) bond motifs is 3. The van der Waals surface area contributed by atoms with Gasteiger partial charge in [0.2, 0.25) is 11.9 Å². The average Bonchev–Trinajstić information content (AvgIpc) is 3.00. The number of hydrogen-bond acceptors (Lipinski definition) is 5. The predicted octanol–water partition coefficient (Wildman–Crippen LogP) is 3.76. The van der Waals surface area contributed by atoms with E-state index in [1.807, 2.05) is 13.8 Å². The van der Waals surface area contributed by atoms with Crippen molar-refractivity contribution in [3.8, 4) is 0 Å². The largest absolute Gasteiger partial charge is 0.366 e. The van der Waals surface area contributed by atoms with Crippen LogP contribution in [0.25, 0.3) is 10.2 Å². The molecule has 0 saturated carbocycles. The van der Waals surface area contributed by atoms with E-state index in [0.717, 1.165) is 35.2 Å². The maximum atomic E-state index is 13.3. The van der Waals surface area contributed by atoms with Gasteiger partial charge in [-0.25, -0.2) is 4.98 Å². The molecule has 2 aromatic heterocycles. The molecule has 0 unspecified atom stereocenters. The van der Waals surface area contributed by atoms with Gasteiger partial charge in [0.25, 0.3) is 5.56 Å². The van der Waals surface area contributed by atoms with Crippen LogP contribution in [0.1, 0.15) is 53.5 Å². The van der Waals surface area contributed by atoms with Gasteiger partial charge in [0, 0.05) is 22.2 Å². The number of carbonyl (C=O) groups excluding carboxylic acids is 1. The van der Waals surface area contributed by atoms with Crippen LogP contribution >= 0.6 is 11.3 Å². The molecule has 0 spiro atoms. The molecule has 0 atom stereocenters. The molecule has 0 saturated heterocycles. The minimum atomic E-state index is -0.468. The van der Waals surface area contributed by atoms with Crippen LogP contribution in [0.2, 0.25) is 0 Å². The lowest BCUT2D eigenvalue weighted by Crippen LogP contribution is -2.26. The van der Waals surface area contributed by atoms with Crippen LogP contribution in [0.3, 0.4) is 0 Å². The van der Waals surface area contributed by atoms with E-state index in [0.29, 0.717) is 11.5 Å². The van der Waals surface area contributed by atoms with E-state index in [9.17, 15) is 9.59 Å². The molecule has 4 rings (SSSR count). The summed E-state index contributed by atoms with van der Waals surface area (Å²) in [6.45, 7) is 3.96. The standard InChI is InChI=1S/C20H22N4O2S/c1-11(2)24-19(26)16-14-5-3-4-6-15(14)27-18(16)23-20(24)22-13-9-7-12(8-10-13)17(21)25/h7-11H,3-6H2,1-2H3,(H2,21,25)(H,22,23). The fraction of sp³-hybridized carbons (Fsp3) is 0.350. The monoisotopic (exact) mass is 382 g/mol. The molecule has 1 aliphatic rings. The number of nitrogens with zero attached hydrogens (tertiary/aromatic N) is 2. The maximum Gasteiger partial charge on any atom is 0.264 e. The number of amides is 1. The summed E-state index contributed by atoms with van der Waals surface area (Å²) in [6, 6.07) is 6.82. The van der Waals surface area contributed by atoms with Gasteiger partial charge in [0.15, 0.2) is 0 Å². The number of nitrogens with two attached hydrogens (primary N) is 1. The normalized spacial score (nSPS) is 13.7. The first kappa shape index (κ1) is 17.7. The second kappa shape index (κ2) is 6.81. The summed E-state index contributed by atoms with van der Waals surface area (Å²) in [7, 11) is 0. The van der Waals surface area contributed by atoms with Crippen LogP contribution < -0.4 is 16.6 Å². The smallest absolute Gasteiger partial charge is 0.264 e. The minimum absolute atomic E-state index is 0.0191. The van der Waals surface area contributed by atoms with Crippen LogP contribution in [-0.4, -0.2) is 15.5 Å². The molecule has 3 N–H and O–H groups in total. The highest BCUT2D eigenvalue weighted by Crippen LogP contribution is 2.35. The van der Waals surface area contributed by atoms with Gasteiger partial charge >= 0.3 is 0 Å². The summed E-state index contributed by atoms with van der Waals surface area (Å²) in [5, 5.41) is 4.03. The van der Waals surface area contributed by atoms with Crippen LogP contribution in [0.4, 0.5) is 11.6 Å². The van der Waals surface area contributed by atoms with Crippen LogP contribution in [-0.2, 0) is 12.8 Å². The van der Waals surface area contributed by atoms with Crippen molar-refractivity contribution < 1.29 is 4.79 Å². The summed E-state index contributed by atoms with van der Waals surface area (Å²) in [5.41, 5.74) is 7.71. The molecule has 140 valence electrons. The van der Waals surface area contributed by atoms with Gasteiger partial charge in [-0.1, -0.05) is 0 Å². The number of thiophene rings is 1. The Kier molecular flexibility index (Phi) is 4.47. The molecule has 3 aromatic rings. The number of aryl methyl sites for hydroxylation is 2. The Labute approximate surface area is 161 Å². The zero-order chi connectivity index (χ0) is 19.1. The Hall–Kier alpha value is -2.67. The van der Waals surface area contributed by atoms with Crippen LogP contribution in [0.15, 0.2) is 29.1 Å². The van der Waals surface area contributed by atoms with Crippen LogP contribution in [0, 0.1) is 0 Å². The Morgan fingerprint density at radius 1 is 1.22 bits per heavy atom. The minimum Gasteiger partial charge on any atom is -0.366 e. The third-order valence-electron chi connectivity index (χ3n) is 4.96. The van der Waals surface area contributed by atoms with Gasteiger partial charge in [0.1, 0.15) is 4.83 Å². The lowest BCUT2D eigenvalue weighted by molar-refractivity contribution is 0.100. The summed E-state index contributed by atoms with van der Waals surface area (Å²) in [6.07, 6.45) is 4.31. The molecular formula is C20H22N4O2S. The fourth-order valence-corrected chi connectivity index (χ4v) is 4.88. The zero-order valence-electron chi connectivity index (χ0n) is 15.4. The first-order valence-electron chi connectivity index (χ1n) is 9.19. The van der Waals surface area contributed by atoms with E-state index in [4.69, 9.17) is 10.7 Å². The second-order valence-electron chi connectivity index (χ2n) is 7.16. The van der Waals surface area contributed by atoms with Gasteiger partial charge < -0.3 is 11.1 Å². The van der Waals surface area contributed by atoms with Gasteiger partial charge in [-0.15, -0.1) is 11.3 Å². The predicted molar refractivity (Wildman–Crippen MR) is 109 cm³/mol. The molecular weight excluding hydrogens is 360 g/mol. The molecule has 0 bridgehead atoms. The van der Waals surface area contributed by atoms with E-state index in [1.54, 1.807) is 40.2 Å². The van der Waals surface area contributed by atoms with Crippen LogP contribution in [0.5, 0.6) is 0 Å². The number of benzene rings is 1. The van der Waals surface area contributed by atoms with Gasteiger partial charge in [-0.3, -0.25) is 14.2 Å². The number of nitrogens with one attached hydrogen (secondary N) is 1. The molecule has 2 heterocycles. The lowest BCUT2D eigenvalue weighted by atomic mass is 9.97. The fourth-order valence-electron chi connectivity index (χ4n) is 3.63. The Balaban J connectivity index is 1.83. The van der Waals surface area contributed by atoms with Crippen molar-refractivity contribution in [1.82, 2.24) is 9.55 Å². The molecule has 1 amide bonds. The number of anilines is 2. The highest BCUT2D eigenvalue weighted by atomic mass is 32.1. The Bertz CT molecular complexity index is 1080. The summed E-state index contributed by atoms with van der Waals surface area (Å²) < 4.78 is 1.71. The number of carbonyl (C=O) groups is 1. The SMILES string of the molecule is CC(C)n1c(Nc2ccc(C(N)=O)cc2)nc2sc3c(c2c1=O)CCCC3. The lowest BCUT2D eigenvalue weighted by Gasteiger charge is -2.17. The Morgan fingerprint density at radius 2 is 1.93 bits per heavy atom. The number of aromatic nitrogens is 2. The van der Waals surface area contributed by atoms with Crippen molar-refractivity contribution in [3.05, 3.63) is 50.6 Å². The topological polar surface area (TPSA) is 90.0 Å². The maximum absolute atomic E-state index is 13.3. The molecule has 0 radical (unpaired) electrons. The van der Waals surface area contributed by atoms with Gasteiger partial charge in [-0.2, -0.15) is 0 Å². The van der Waals surface area contributed by atoms with Crippen molar-refractivity contribution in [2.45, 2.75) is 45.6 Å². The first-order chi connectivity index (χ1) is 13.0. The van der Waals surface area contributed by atoms with E-state index >= 15 is 0 Å². The quantitative estimate of drug-likeness (QED) is 0.719. The molecule has 0 fully saturated rings. The molecule has 6 nitrogen and oxygen atoms in total. The number of hydrogen-bond donors (Lipinski definition) is 2. The van der Waals surface area contributed by atoms with Crippen molar-refractivity contribution in [3.63, 3.8) is 0 Å². The molecule has 1 aromatic carbocycles. The van der Waals surface area contributed by atoms with E-state index in [2.05, 4.69) is 5.32 Å². The first-order valence-corrected chi connectivity index (χ1v) is 10.0. The zero-order valence-corrected chi connectivity index (χ0v) is 16.2. The van der Waals surface area contributed by atoms with Crippen molar-refractivity contribution in [2.75, 3.05) is 5.32 Å².